The minimum atomic E-state index is 0.0936. The molecular weight excluding hydrogens is 284 g/mol. The Balaban J connectivity index is 1.74. The number of amides is 1. The standard InChI is InChI=1S/C17H17ClN2O/c18-16-5-3-13(4-6-16)15-2-1-11-20(12-15)17(21)14-7-9-19-10-8-14/h3-10,15H,1-2,11-12H2/t15-/m0/s1. The zero-order valence-corrected chi connectivity index (χ0v) is 12.5. The highest BCUT2D eigenvalue weighted by Crippen LogP contribution is 2.28. The van der Waals surface area contributed by atoms with Crippen molar-refractivity contribution < 1.29 is 4.79 Å². The SMILES string of the molecule is O=C(c1ccncc1)N1CCC[C@H](c2ccc(Cl)cc2)C1. The number of hydrogen-bond acceptors (Lipinski definition) is 2. The molecule has 0 spiro atoms. The van der Waals surface area contributed by atoms with E-state index in [2.05, 4.69) is 17.1 Å². The number of pyridine rings is 1. The van der Waals surface area contributed by atoms with Gasteiger partial charge in [-0.15, -0.1) is 0 Å². The second-order valence-corrected chi connectivity index (χ2v) is 5.81. The van der Waals surface area contributed by atoms with Crippen LogP contribution in [0.15, 0.2) is 48.8 Å². The van der Waals surface area contributed by atoms with Crippen LogP contribution in [-0.4, -0.2) is 28.9 Å². The molecule has 0 saturated carbocycles. The summed E-state index contributed by atoms with van der Waals surface area (Å²) in [4.78, 5) is 18.4. The smallest absolute Gasteiger partial charge is 0.253 e. The molecule has 1 aliphatic heterocycles. The molecule has 1 atom stereocenters. The first-order valence-electron chi connectivity index (χ1n) is 7.19. The topological polar surface area (TPSA) is 33.2 Å². The van der Waals surface area contributed by atoms with E-state index in [4.69, 9.17) is 11.6 Å². The number of rotatable bonds is 2. The lowest BCUT2D eigenvalue weighted by Gasteiger charge is -2.33. The van der Waals surface area contributed by atoms with Crippen LogP contribution in [0.2, 0.25) is 5.02 Å². The van der Waals surface area contributed by atoms with Crippen LogP contribution in [0.5, 0.6) is 0 Å². The van der Waals surface area contributed by atoms with Crippen LogP contribution in [-0.2, 0) is 0 Å². The van der Waals surface area contributed by atoms with Gasteiger partial charge in [-0.05, 0) is 42.7 Å². The van der Waals surface area contributed by atoms with Crippen LogP contribution in [0, 0.1) is 0 Å². The first-order valence-corrected chi connectivity index (χ1v) is 7.56. The Morgan fingerprint density at radius 3 is 2.57 bits per heavy atom. The number of benzene rings is 1. The predicted octanol–water partition coefficient (Wildman–Crippen LogP) is 3.75. The van der Waals surface area contributed by atoms with Crippen molar-refractivity contribution >= 4 is 17.5 Å². The van der Waals surface area contributed by atoms with Gasteiger partial charge in [-0.1, -0.05) is 23.7 Å². The molecule has 2 heterocycles. The fourth-order valence-corrected chi connectivity index (χ4v) is 2.97. The fraction of sp³-hybridized carbons (Fsp3) is 0.294. The van der Waals surface area contributed by atoms with Crippen molar-refractivity contribution in [2.24, 2.45) is 0 Å². The monoisotopic (exact) mass is 300 g/mol. The molecule has 3 rings (SSSR count). The van der Waals surface area contributed by atoms with Gasteiger partial charge in [0.25, 0.3) is 5.91 Å². The fourth-order valence-electron chi connectivity index (χ4n) is 2.85. The lowest BCUT2D eigenvalue weighted by Crippen LogP contribution is -2.39. The van der Waals surface area contributed by atoms with Gasteiger partial charge in [0.2, 0.25) is 0 Å². The van der Waals surface area contributed by atoms with Gasteiger partial charge >= 0.3 is 0 Å². The van der Waals surface area contributed by atoms with E-state index in [-0.39, 0.29) is 5.91 Å². The lowest BCUT2D eigenvalue weighted by molar-refractivity contribution is 0.0707. The Bertz CT molecular complexity index is 612. The molecule has 0 aliphatic carbocycles. The maximum absolute atomic E-state index is 12.5. The van der Waals surface area contributed by atoms with E-state index in [1.165, 1.54) is 5.56 Å². The van der Waals surface area contributed by atoms with Crippen LogP contribution < -0.4 is 0 Å². The van der Waals surface area contributed by atoms with Crippen molar-refractivity contribution in [2.75, 3.05) is 13.1 Å². The van der Waals surface area contributed by atoms with E-state index < -0.39 is 0 Å². The molecule has 0 unspecified atom stereocenters. The zero-order valence-electron chi connectivity index (χ0n) is 11.7. The highest BCUT2D eigenvalue weighted by Gasteiger charge is 2.25. The van der Waals surface area contributed by atoms with E-state index in [1.807, 2.05) is 17.0 Å². The van der Waals surface area contributed by atoms with Crippen LogP contribution in [0.1, 0.15) is 34.7 Å². The summed E-state index contributed by atoms with van der Waals surface area (Å²) in [6.07, 6.45) is 5.47. The minimum absolute atomic E-state index is 0.0936. The van der Waals surface area contributed by atoms with Crippen LogP contribution >= 0.6 is 11.6 Å². The summed E-state index contributed by atoms with van der Waals surface area (Å²) in [5, 5.41) is 0.749. The van der Waals surface area contributed by atoms with Crippen molar-refractivity contribution in [3.05, 3.63) is 64.9 Å². The average molecular weight is 301 g/mol. The van der Waals surface area contributed by atoms with Crippen LogP contribution in [0.3, 0.4) is 0 Å². The molecule has 0 bridgehead atoms. The Morgan fingerprint density at radius 1 is 1.14 bits per heavy atom. The Morgan fingerprint density at radius 2 is 1.86 bits per heavy atom. The van der Waals surface area contributed by atoms with Crippen molar-refractivity contribution in [3.63, 3.8) is 0 Å². The first kappa shape index (κ1) is 14.1. The molecule has 1 aliphatic rings. The normalized spacial score (nSPS) is 18.5. The third-order valence-electron chi connectivity index (χ3n) is 3.98. The first-order chi connectivity index (χ1) is 10.2. The van der Waals surface area contributed by atoms with E-state index >= 15 is 0 Å². The number of piperidine rings is 1. The molecule has 1 aromatic carbocycles. The van der Waals surface area contributed by atoms with Gasteiger partial charge in [-0.3, -0.25) is 9.78 Å². The van der Waals surface area contributed by atoms with Crippen molar-refractivity contribution in [2.45, 2.75) is 18.8 Å². The molecule has 1 aromatic heterocycles. The van der Waals surface area contributed by atoms with Gasteiger partial charge in [0, 0.05) is 42.0 Å². The molecule has 0 radical (unpaired) electrons. The number of likely N-dealkylation sites (tertiary alicyclic amines) is 1. The average Bonchev–Trinajstić information content (AvgIpc) is 2.56. The van der Waals surface area contributed by atoms with Crippen LogP contribution in [0.4, 0.5) is 0 Å². The van der Waals surface area contributed by atoms with Gasteiger partial charge in [0.15, 0.2) is 0 Å². The van der Waals surface area contributed by atoms with E-state index in [1.54, 1.807) is 24.5 Å². The number of carbonyl (C=O) groups excluding carboxylic acids is 1. The van der Waals surface area contributed by atoms with Gasteiger partial charge in [0.05, 0.1) is 0 Å². The van der Waals surface area contributed by atoms with Crippen molar-refractivity contribution in [1.29, 1.82) is 0 Å². The summed E-state index contributed by atoms with van der Waals surface area (Å²) in [7, 11) is 0. The zero-order chi connectivity index (χ0) is 14.7. The molecule has 2 aromatic rings. The van der Waals surface area contributed by atoms with E-state index in [0.29, 0.717) is 11.5 Å². The second-order valence-electron chi connectivity index (χ2n) is 5.38. The molecule has 1 fully saturated rings. The van der Waals surface area contributed by atoms with Gasteiger partial charge < -0.3 is 4.90 Å². The molecular formula is C17H17ClN2O. The molecule has 108 valence electrons. The number of aromatic nitrogens is 1. The van der Waals surface area contributed by atoms with E-state index in [0.717, 1.165) is 31.0 Å². The molecule has 0 N–H and O–H groups in total. The van der Waals surface area contributed by atoms with Gasteiger partial charge in [0.1, 0.15) is 0 Å². The van der Waals surface area contributed by atoms with Gasteiger partial charge in [-0.2, -0.15) is 0 Å². The summed E-state index contributed by atoms with van der Waals surface area (Å²) in [6, 6.07) is 11.5. The second kappa shape index (κ2) is 6.27. The predicted molar refractivity (Wildman–Crippen MR) is 83.6 cm³/mol. The lowest BCUT2D eigenvalue weighted by atomic mass is 9.90. The third-order valence-corrected chi connectivity index (χ3v) is 4.23. The summed E-state index contributed by atoms with van der Waals surface area (Å²) >= 11 is 5.94. The number of nitrogens with zero attached hydrogens (tertiary/aromatic N) is 2. The van der Waals surface area contributed by atoms with Crippen molar-refractivity contribution in [1.82, 2.24) is 9.88 Å². The maximum Gasteiger partial charge on any atom is 0.253 e. The number of carbonyl (C=O) groups is 1. The molecule has 21 heavy (non-hydrogen) atoms. The molecule has 3 nitrogen and oxygen atoms in total. The largest absolute Gasteiger partial charge is 0.338 e. The Labute approximate surface area is 129 Å². The number of halogens is 1. The molecule has 1 amide bonds. The maximum atomic E-state index is 12.5. The van der Waals surface area contributed by atoms with Crippen molar-refractivity contribution in [3.8, 4) is 0 Å². The summed E-state index contributed by atoms with van der Waals surface area (Å²) in [5.74, 6) is 0.484. The summed E-state index contributed by atoms with van der Waals surface area (Å²) in [6.45, 7) is 1.59. The quantitative estimate of drug-likeness (QED) is 0.846. The highest BCUT2D eigenvalue weighted by molar-refractivity contribution is 6.30. The summed E-state index contributed by atoms with van der Waals surface area (Å²) in [5.41, 5.74) is 1.97. The van der Waals surface area contributed by atoms with Gasteiger partial charge in [-0.25, -0.2) is 0 Å². The number of hydrogen-bond donors (Lipinski definition) is 0. The van der Waals surface area contributed by atoms with E-state index in [9.17, 15) is 4.79 Å². The summed E-state index contributed by atoms with van der Waals surface area (Å²) < 4.78 is 0. The third kappa shape index (κ3) is 3.24. The Hall–Kier alpha value is -1.87. The minimum Gasteiger partial charge on any atom is -0.338 e. The molecule has 1 saturated heterocycles. The highest BCUT2D eigenvalue weighted by atomic mass is 35.5. The van der Waals surface area contributed by atoms with Crippen LogP contribution in [0.25, 0.3) is 0 Å². The Kier molecular flexibility index (Phi) is 4.20. The molecule has 4 heteroatoms.